The fourth-order valence-corrected chi connectivity index (χ4v) is 5.21. The first-order valence-corrected chi connectivity index (χ1v) is 10.8. The minimum atomic E-state index is -3.25. The van der Waals surface area contributed by atoms with Gasteiger partial charge in [-0.2, -0.15) is 9.57 Å². The summed E-state index contributed by atoms with van der Waals surface area (Å²) in [6.07, 6.45) is 4.08. The van der Waals surface area contributed by atoms with Crippen LogP contribution in [0.4, 0.5) is 10.1 Å². The highest BCUT2D eigenvalue weighted by Crippen LogP contribution is 2.34. The standard InChI is InChI=1S/C19H23FN4O2S/c1-4-24(27(3,25)26)16-5-7-23(8-6-16)19-14(11-21)12-22-18-13(2)9-15(20)10-17(18)19/h9-10,12,16H,4-8H2,1-3H3. The summed E-state index contributed by atoms with van der Waals surface area (Å²) in [4.78, 5) is 6.38. The molecule has 0 saturated carbocycles. The molecule has 1 aromatic heterocycles. The molecule has 1 aliphatic heterocycles. The van der Waals surface area contributed by atoms with E-state index in [2.05, 4.69) is 11.1 Å². The number of piperidine rings is 1. The quantitative estimate of drug-likeness (QED) is 0.802. The van der Waals surface area contributed by atoms with E-state index in [0.717, 1.165) is 5.56 Å². The van der Waals surface area contributed by atoms with Crippen molar-refractivity contribution in [2.45, 2.75) is 32.7 Å². The molecule has 1 aromatic carbocycles. The Kier molecular flexibility index (Phi) is 5.36. The summed E-state index contributed by atoms with van der Waals surface area (Å²) in [5.41, 5.74) is 2.49. The van der Waals surface area contributed by atoms with Gasteiger partial charge in [0.2, 0.25) is 10.0 Å². The Morgan fingerprint density at radius 1 is 1.37 bits per heavy atom. The van der Waals surface area contributed by atoms with E-state index in [1.807, 2.05) is 11.8 Å². The summed E-state index contributed by atoms with van der Waals surface area (Å²) in [5, 5.41) is 10.2. The van der Waals surface area contributed by atoms with Gasteiger partial charge in [-0.1, -0.05) is 6.92 Å². The van der Waals surface area contributed by atoms with Crippen molar-refractivity contribution in [3.8, 4) is 6.07 Å². The number of hydrogen-bond donors (Lipinski definition) is 0. The molecule has 3 rings (SSSR count). The normalized spacial score (nSPS) is 16.1. The molecule has 0 bridgehead atoms. The average Bonchev–Trinajstić information content (AvgIpc) is 2.60. The average molecular weight is 390 g/mol. The molecule has 0 N–H and O–H groups in total. The van der Waals surface area contributed by atoms with Gasteiger partial charge in [-0.05, 0) is 37.5 Å². The molecule has 0 amide bonds. The van der Waals surface area contributed by atoms with Crippen LogP contribution in [0.3, 0.4) is 0 Å². The zero-order valence-corrected chi connectivity index (χ0v) is 16.6. The van der Waals surface area contributed by atoms with E-state index in [4.69, 9.17) is 0 Å². The molecule has 6 nitrogen and oxygen atoms in total. The van der Waals surface area contributed by atoms with Crippen molar-refractivity contribution in [3.05, 3.63) is 35.3 Å². The van der Waals surface area contributed by atoms with Crippen LogP contribution < -0.4 is 4.90 Å². The molecule has 2 heterocycles. The number of aryl methyl sites for hydroxylation is 1. The van der Waals surface area contributed by atoms with Crippen LogP contribution in [0.2, 0.25) is 0 Å². The summed E-state index contributed by atoms with van der Waals surface area (Å²) in [7, 11) is -3.25. The molecule has 0 atom stereocenters. The van der Waals surface area contributed by atoms with E-state index in [-0.39, 0.29) is 11.9 Å². The van der Waals surface area contributed by atoms with Gasteiger partial charge in [-0.15, -0.1) is 0 Å². The minimum Gasteiger partial charge on any atom is -0.370 e. The van der Waals surface area contributed by atoms with Crippen molar-refractivity contribution in [2.75, 3.05) is 30.8 Å². The second kappa shape index (κ2) is 7.41. The topological polar surface area (TPSA) is 77.3 Å². The number of nitriles is 1. The van der Waals surface area contributed by atoms with E-state index in [1.165, 1.54) is 28.9 Å². The lowest BCUT2D eigenvalue weighted by Gasteiger charge is -2.38. The highest BCUT2D eigenvalue weighted by atomic mass is 32.2. The molecule has 27 heavy (non-hydrogen) atoms. The largest absolute Gasteiger partial charge is 0.370 e. The van der Waals surface area contributed by atoms with Crippen LogP contribution in [-0.4, -0.2) is 49.6 Å². The Balaban J connectivity index is 1.97. The van der Waals surface area contributed by atoms with E-state index < -0.39 is 10.0 Å². The van der Waals surface area contributed by atoms with Gasteiger partial charge in [0.25, 0.3) is 0 Å². The van der Waals surface area contributed by atoms with Gasteiger partial charge >= 0.3 is 0 Å². The van der Waals surface area contributed by atoms with Gasteiger partial charge in [0, 0.05) is 37.3 Å². The number of pyridine rings is 1. The first kappa shape index (κ1) is 19.5. The Labute approximate surface area is 159 Å². The number of aromatic nitrogens is 1. The molecule has 1 fully saturated rings. The summed E-state index contributed by atoms with van der Waals surface area (Å²) < 4.78 is 39.5. The number of hydrogen-bond acceptors (Lipinski definition) is 5. The van der Waals surface area contributed by atoms with Crippen molar-refractivity contribution >= 4 is 26.6 Å². The monoisotopic (exact) mass is 390 g/mol. The fraction of sp³-hybridized carbons (Fsp3) is 0.474. The summed E-state index contributed by atoms with van der Waals surface area (Å²) >= 11 is 0. The number of halogens is 1. The lowest BCUT2D eigenvalue weighted by molar-refractivity contribution is 0.285. The van der Waals surface area contributed by atoms with Crippen LogP contribution in [0, 0.1) is 24.1 Å². The van der Waals surface area contributed by atoms with Crippen molar-refractivity contribution in [2.24, 2.45) is 0 Å². The van der Waals surface area contributed by atoms with Gasteiger partial charge in [0.1, 0.15) is 11.9 Å². The summed E-state index contributed by atoms with van der Waals surface area (Å²) in [5.74, 6) is -0.359. The molecule has 2 aromatic rings. The number of benzene rings is 1. The second-order valence-corrected chi connectivity index (χ2v) is 8.87. The smallest absolute Gasteiger partial charge is 0.211 e. The fourth-order valence-electron chi connectivity index (χ4n) is 3.99. The Bertz CT molecular complexity index is 1010. The highest BCUT2D eigenvalue weighted by Gasteiger charge is 2.30. The van der Waals surface area contributed by atoms with E-state index in [0.29, 0.717) is 54.6 Å². The van der Waals surface area contributed by atoms with E-state index in [1.54, 1.807) is 6.92 Å². The van der Waals surface area contributed by atoms with Gasteiger partial charge in [0.05, 0.1) is 23.0 Å². The minimum absolute atomic E-state index is 0.0571. The maximum absolute atomic E-state index is 14.0. The first-order valence-electron chi connectivity index (χ1n) is 8.97. The van der Waals surface area contributed by atoms with Crippen LogP contribution >= 0.6 is 0 Å². The zero-order chi connectivity index (χ0) is 19.8. The van der Waals surface area contributed by atoms with Crippen molar-refractivity contribution < 1.29 is 12.8 Å². The predicted octanol–water partition coefficient (Wildman–Crippen LogP) is 2.80. The summed E-state index contributed by atoms with van der Waals surface area (Å²) in [6.45, 7) is 5.27. The van der Waals surface area contributed by atoms with Crippen LogP contribution in [0.15, 0.2) is 18.3 Å². The van der Waals surface area contributed by atoms with E-state index in [9.17, 15) is 18.1 Å². The molecule has 0 unspecified atom stereocenters. The third-order valence-corrected chi connectivity index (χ3v) is 6.55. The van der Waals surface area contributed by atoms with Crippen molar-refractivity contribution in [1.82, 2.24) is 9.29 Å². The SMILES string of the molecule is CCN(C1CCN(c2c(C#N)cnc3c(C)cc(F)cc23)CC1)S(C)(=O)=O. The molecule has 1 saturated heterocycles. The maximum Gasteiger partial charge on any atom is 0.211 e. The lowest BCUT2D eigenvalue weighted by Crippen LogP contribution is -2.47. The number of nitrogens with zero attached hydrogens (tertiary/aromatic N) is 4. The summed E-state index contributed by atoms with van der Waals surface area (Å²) in [6, 6.07) is 4.96. The van der Waals surface area contributed by atoms with Crippen LogP contribution in [-0.2, 0) is 10.0 Å². The highest BCUT2D eigenvalue weighted by molar-refractivity contribution is 7.88. The Hall–Kier alpha value is -2.24. The molecule has 0 radical (unpaired) electrons. The van der Waals surface area contributed by atoms with Crippen LogP contribution in [0.5, 0.6) is 0 Å². The maximum atomic E-state index is 14.0. The van der Waals surface area contributed by atoms with Crippen molar-refractivity contribution in [1.29, 1.82) is 5.26 Å². The molecular weight excluding hydrogens is 367 g/mol. The molecule has 1 aliphatic rings. The van der Waals surface area contributed by atoms with Gasteiger partial charge < -0.3 is 4.90 Å². The van der Waals surface area contributed by atoms with Crippen LogP contribution in [0.1, 0.15) is 30.9 Å². The zero-order valence-electron chi connectivity index (χ0n) is 15.7. The lowest BCUT2D eigenvalue weighted by atomic mass is 10.0. The number of sulfonamides is 1. The first-order chi connectivity index (χ1) is 12.8. The molecule has 0 spiro atoms. The second-order valence-electron chi connectivity index (χ2n) is 6.94. The van der Waals surface area contributed by atoms with Gasteiger partial charge in [-0.25, -0.2) is 12.8 Å². The van der Waals surface area contributed by atoms with Crippen LogP contribution in [0.25, 0.3) is 10.9 Å². The predicted molar refractivity (Wildman–Crippen MR) is 104 cm³/mol. The number of rotatable bonds is 4. The van der Waals surface area contributed by atoms with Gasteiger partial charge in [-0.3, -0.25) is 4.98 Å². The number of anilines is 1. The molecule has 8 heteroatoms. The molecule has 144 valence electrons. The number of fused-ring (bicyclic) bond motifs is 1. The van der Waals surface area contributed by atoms with Crippen molar-refractivity contribution in [3.63, 3.8) is 0 Å². The van der Waals surface area contributed by atoms with E-state index >= 15 is 0 Å². The molecule has 0 aliphatic carbocycles. The Morgan fingerprint density at radius 2 is 2.04 bits per heavy atom. The third-order valence-electron chi connectivity index (χ3n) is 5.14. The third kappa shape index (κ3) is 3.75. The molecular formula is C19H23FN4O2S. The van der Waals surface area contributed by atoms with Gasteiger partial charge in [0.15, 0.2) is 0 Å². The Morgan fingerprint density at radius 3 is 2.59 bits per heavy atom.